The zero-order chi connectivity index (χ0) is 17.4. The van der Waals surface area contributed by atoms with Crippen molar-refractivity contribution < 1.29 is 4.79 Å². The van der Waals surface area contributed by atoms with Gasteiger partial charge in [0.15, 0.2) is 0 Å². The number of carbonyl (C=O) groups excluding carboxylic acids is 1. The average Bonchev–Trinajstić information content (AvgIpc) is 2.56. The van der Waals surface area contributed by atoms with Crippen molar-refractivity contribution in [1.82, 2.24) is 15.5 Å². The Kier molecular flexibility index (Phi) is 7.09. The summed E-state index contributed by atoms with van der Waals surface area (Å²) in [5.74, 6) is 0. The van der Waals surface area contributed by atoms with Crippen molar-refractivity contribution in [2.24, 2.45) is 0 Å². The first kappa shape index (κ1) is 18.3. The topological polar surface area (TPSA) is 44.4 Å². The number of halogens is 1. The van der Waals surface area contributed by atoms with Gasteiger partial charge in [0.05, 0.1) is 6.04 Å². The molecule has 2 amide bonds. The van der Waals surface area contributed by atoms with E-state index in [1.54, 1.807) is 0 Å². The van der Waals surface area contributed by atoms with Gasteiger partial charge in [-0.25, -0.2) is 4.79 Å². The maximum Gasteiger partial charge on any atom is 0.315 e. The summed E-state index contributed by atoms with van der Waals surface area (Å²) in [4.78, 5) is 14.3. The molecule has 128 valence electrons. The molecule has 0 aliphatic carbocycles. The molecule has 0 aliphatic heterocycles. The van der Waals surface area contributed by atoms with Crippen LogP contribution in [-0.4, -0.2) is 38.1 Å². The Hall–Kier alpha value is -2.04. The van der Waals surface area contributed by atoms with Gasteiger partial charge in [0, 0.05) is 18.1 Å². The van der Waals surface area contributed by atoms with Crippen LogP contribution < -0.4 is 10.6 Å². The van der Waals surface area contributed by atoms with Crippen molar-refractivity contribution >= 4 is 17.6 Å². The molecule has 1 unspecified atom stereocenters. The number of hydrogen-bond donors (Lipinski definition) is 2. The number of nitrogens with zero attached hydrogens (tertiary/aromatic N) is 1. The maximum absolute atomic E-state index is 12.2. The number of benzene rings is 2. The van der Waals surface area contributed by atoms with Crippen LogP contribution in [0.2, 0.25) is 5.02 Å². The fourth-order valence-corrected chi connectivity index (χ4v) is 2.59. The zero-order valence-corrected chi connectivity index (χ0v) is 14.9. The largest absolute Gasteiger partial charge is 0.338 e. The number of likely N-dealkylation sites (N-methyl/N-ethyl adjacent to an activating group) is 1. The summed E-state index contributed by atoms with van der Waals surface area (Å²) in [5, 5.41) is 6.69. The van der Waals surface area contributed by atoms with Crippen LogP contribution in [0.15, 0.2) is 54.6 Å². The van der Waals surface area contributed by atoms with E-state index < -0.39 is 0 Å². The Bertz CT molecular complexity index is 629. The molecular formula is C19H24ClN3O. The van der Waals surface area contributed by atoms with Gasteiger partial charge in [-0.05, 0) is 43.8 Å². The van der Waals surface area contributed by atoms with Crippen molar-refractivity contribution in [2.75, 3.05) is 27.2 Å². The molecule has 5 heteroatoms. The Labute approximate surface area is 148 Å². The summed E-state index contributed by atoms with van der Waals surface area (Å²) in [7, 11) is 3.99. The standard InChI is InChI=1S/C19H24ClN3O/c1-23(2)14-18(16-6-4-3-5-7-16)22-19(24)21-13-12-15-8-10-17(20)11-9-15/h3-11,18H,12-14H2,1-2H3,(H2,21,22,24). The van der Waals surface area contributed by atoms with Crippen LogP contribution in [0.1, 0.15) is 17.2 Å². The fraction of sp³-hybridized carbons (Fsp3) is 0.316. The highest BCUT2D eigenvalue weighted by Gasteiger charge is 2.14. The van der Waals surface area contributed by atoms with Crippen LogP contribution in [0.25, 0.3) is 0 Å². The molecule has 0 fully saturated rings. The highest BCUT2D eigenvalue weighted by atomic mass is 35.5. The quantitative estimate of drug-likeness (QED) is 0.806. The smallest absolute Gasteiger partial charge is 0.315 e. The van der Waals surface area contributed by atoms with Gasteiger partial charge in [-0.1, -0.05) is 54.1 Å². The van der Waals surface area contributed by atoms with Crippen LogP contribution in [-0.2, 0) is 6.42 Å². The number of urea groups is 1. The van der Waals surface area contributed by atoms with Gasteiger partial charge in [-0.2, -0.15) is 0 Å². The predicted octanol–water partition coefficient (Wildman–Crippen LogP) is 3.48. The van der Waals surface area contributed by atoms with Crippen molar-refractivity contribution in [3.05, 3.63) is 70.7 Å². The molecule has 0 saturated heterocycles. The van der Waals surface area contributed by atoms with E-state index in [9.17, 15) is 4.79 Å². The van der Waals surface area contributed by atoms with Crippen molar-refractivity contribution in [1.29, 1.82) is 0 Å². The number of amides is 2. The molecule has 2 aromatic rings. The van der Waals surface area contributed by atoms with E-state index in [4.69, 9.17) is 11.6 Å². The molecular weight excluding hydrogens is 322 g/mol. The minimum atomic E-state index is -0.153. The van der Waals surface area contributed by atoms with Gasteiger partial charge in [0.1, 0.15) is 0 Å². The van der Waals surface area contributed by atoms with Crippen LogP contribution in [0.3, 0.4) is 0 Å². The van der Waals surface area contributed by atoms with E-state index in [0.717, 1.165) is 29.1 Å². The SMILES string of the molecule is CN(C)CC(NC(=O)NCCc1ccc(Cl)cc1)c1ccccc1. The Morgan fingerprint density at radius 3 is 2.38 bits per heavy atom. The van der Waals surface area contributed by atoms with Gasteiger partial charge < -0.3 is 15.5 Å². The summed E-state index contributed by atoms with van der Waals surface area (Å²) in [5.41, 5.74) is 2.24. The van der Waals surface area contributed by atoms with Gasteiger partial charge in [0.25, 0.3) is 0 Å². The first-order valence-electron chi connectivity index (χ1n) is 8.03. The molecule has 0 radical (unpaired) electrons. The van der Waals surface area contributed by atoms with Gasteiger partial charge in [0.2, 0.25) is 0 Å². The summed E-state index contributed by atoms with van der Waals surface area (Å²) in [6.45, 7) is 1.32. The van der Waals surface area contributed by atoms with E-state index in [1.165, 1.54) is 0 Å². The van der Waals surface area contributed by atoms with Crippen LogP contribution in [0, 0.1) is 0 Å². The second-order valence-corrected chi connectivity index (χ2v) is 6.44. The molecule has 24 heavy (non-hydrogen) atoms. The third-order valence-electron chi connectivity index (χ3n) is 3.67. The van der Waals surface area contributed by atoms with E-state index in [2.05, 4.69) is 15.5 Å². The minimum absolute atomic E-state index is 0.0447. The third kappa shape index (κ3) is 6.22. The Balaban J connectivity index is 1.85. The first-order chi connectivity index (χ1) is 11.5. The Morgan fingerprint density at radius 2 is 1.75 bits per heavy atom. The number of carbonyl (C=O) groups is 1. The molecule has 2 aromatic carbocycles. The Morgan fingerprint density at radius 1 is 1.08 bits per heavy atom. The lowest BCUT2D eigenvalue weighted by molar-refractivity contribution is 0.233. The second kappa shape index (κ2) is 9.30. The monoisotopic (exact) mass is 345 g/mol. The van der Waals surface area contributed by atoms with Crippen molar-refractivity contribution in [2.45, 2.75) is 12.5 Å². The number of hydrogen-bond acceptors (Lipinski definition) is 2. The van der Waals surface area contributed by atoms with Crippen LogP contribution in [0.4, 0.5) is 4.79 Å². The zero-order valence-electron chi connectivity index (χ0n) is 14.1. The van der Waals surface area contributed by atoms with Gasteiger partial charge in [-0.3, -0.25) is 0 Å². The highest BCUT2D eigenvalue weighted by molar-refractivity contribution is 6.30. The lowest BCUT2D eigenvalue weighted by atomic mass is 10.1. The number of nitrogens with one attached hydrogen (secondary N) is 2. The van der Waals surface area contributed by atoms with Gasteiger partial charge in [-0.15, -0.1) is 0 Å². The van der Waals surface area contributed by atoms with E-state index >= 15 is 0 Å². The average molecular weight is 346 g/mol. The van der Waals surface area contributed by atoms with Crippen molar-refractivity contribution in [3.8, 4) is 0 Å². The summed E-state index contributed by atoms with van der Waals surface area (Å²) in [6, 6.07) is 17.5. The van der Waals surface area contributed by atoms with E-state index in [0.29, 0.717) is 6.54 Å². The molecule has 0 bridgehead atoms. The van der Waals surface area contributed by atoms with E-state index in [1.807, 2.05) is 68.7 Å². The fourth-order valence-electron chi connectivity index (χ4n) is 2.47. The predicted molar refractivity (Wildman–Crippen MR) is 99.4 cm³/mol. The van der Waals surface area contributed by atoms with Gasteiger partial charge >= 0.3 is 6.03 Å². The van der Waals surface area contributed by atoms with E-state index in [-0.39, 0.29) is 12.1 Å². The lowest BCUT2D eigenvalue weighted by Gasteiger charge is -2.23. The molecule has 0 aromatic heterocycles. The minimum Gasteiger partial charge on any atom is -0.338 e. The van der Waals surface area contributed by atoms with Crippen LogP contribution in [0.5, 0.6) is 0 Å². The summed E-state index contributed by atoms with van der Waals surface area (Å²) >= 11 is 5.87. The molecule has 0 aliphatic rings. The summed E-state index contributed by atoms with van der Waals surface area (Å²) in [6.07, 6.45) is 0.772. The third-order valence-corrected chi connectivity index (χ3v) is 3.92. The molecule has 0 saturated carbocycles. The summed E-state index contributed by atoms with van der Waals surface area (Å²) < 4.78 is 0. The molecule has 0 spiro atoms. The van der Waals surface area contributed by atoms with Crippen molar-refractivity contribution in [3.63, 3.8) is 0 Å². The molecule has 2 N–H and O–H groups in total. The maximum atomic E-state index is 12.2. The lowest BCUT2D eigenvalue weighted by Crippen LogP contribution is -2.42. The molecule has 0 heterocycles. The first-order valence-corrected chi connectivity index (χ1v) is 8.41. The highest BCUT2D eigenvalue weighted by Crippen LogP contribution is 2.13. The molecule has 1 atom stereocenters. The molecule has 2 rings (SSSR count). The normalized spacial score (nSPS) is 12.0. The number of rotatable bonds is 7. The molecule has 4 nitrogen and oxygen atoms in total. The van der Waals surface area contributed by atoms with Crippen LogP contribution >= 0.6 is 11.6 Å². The second-order valence-electron chi connectivity index (χ2n) is 6.00.